The maximum Gasteiger partial charge on any atom is 0.209 e. The van der Waals surface area contributed by atoms with Crippen LogP contribution in [0.25, 0.3) is 6.08 Å². The lowest BCUT2D eigenvalue weighted by Crippen LogP contribution is -2.24. The molecule has 1 heterocycles. The summed E-state index contributed by atoms with van der Waals surface area (Å²) in [6.45, 7) is 0. The van der Waals surface area contributed by atoms with Crippen molar-refractivity contribution in [2.75, 3.05) is 0 Å². The van der Waals surface area contributed by atoms with Crippen LogP contribution in [0.1, 0.15) is 15.9 Å². The number of carbonyl (C=O) groups is 1. The molecule has 0 fully saturated rings. The average molecular weight is 349 g/mol. The van der Waals surface area contributed by atoms with Crippen molar-refractivity contribution in [2.24, 2.45) is 0 Å². The summed E-state index contributed by atoms with van der Waals surface area (Å²) in [6, 6.07) is 22.2. The lowest BCUT2D eigenvalue weighted by molar-refractivity contribution is 0.101. The van der Waals surface area contributed by atoms with Gasteiger partial charge < -0.3 is 4.90 Å². The van der Waals surface area contributed by atoms with E-state index in [0.717, 1.165) is 5.56 Å². The Balaban J connectivity index is 2.17. The van der Waals surface area contributed by atoms with E-state index in [9.17, 15) is 15.3 Å². The van der Waals surface area contributed by atoms with Crippen LogP contribution < -0.4 is 0 Å². The summed E-state index contributed by atoms with van der Waals surface area (Å²) in [6.07, 6.45) is 8.57. The Hall–Kier alpha value is -4.15. The minimum atomic E-state index is -0.202. The van der Waals surface area contributed by atoms with Crippen LogP contribution in [0.4, 0.5) is 0 Å². The fourth-order valence-electron chi connectivity index (χ4n) is 2.69. The fraction of sp³-hybridized carbons (Fsp3) is 0. The van der Waals surface area contributed by atoms with E-state index in [2.05, 4.69) is 0 Å². The Morgan fingerprint density at radius 2 is 1.52 bits per heavy atom. The highest BCUT2D eigenvalue weighted by Crippen LogP contribution is 2.26. The van der Waals surface area contributed by atoms with Crippen LogP contribution in [-0.2, 0) is 0 Å². The number of nitrogens with zero attached hydrogens (tertiary/aromatic N) is 3. The fourth-order valence-corrected chi connectivity index (χ4v) is 2.69. The highest BCUT2D eigenvalue weighted by molar-refractivity contribution is 6.11. The van der Waals surface area contributed by atoms with Gasteiger partial charge in [-0.2, -0.15) is 10.5 Å². The summed E-state index contributed by atoms with van der Waals surface area (Å²) in [4.78, 5) is 14.8. The van der Waals surface area contributed by atoms with E-state index in [0.29, 0.717) is 17.0 Å². The molecule has 2 aromatic carbocycles. The van der Waals surface area contributed by atoms with E-state index in [1.807, 2.05) is 48.5 Å². The molecule has 1 aliphatic rings. The molecule has 0 atom stereocenters. The second-order valence-electron chi connectivity index (χ2n) is 5.69. The topological polar surface area (TPSA) is 67.9 Å². The Kier molecular flexibility index (Phi) is 5.42. The summed E-state index contributed by atoms with van der Waals surface area (Å²) < 4.78 is 0. The van der Waals surface area contributed by atoms with Crippen LogP contribution in [-0.4, -0.2) is 10.7 Å². The van der Waals surface area contributed by atoms with Crippen molar-refractivity contribution in [3.8, 4) is 12.1 Å². The Morgan fingerprint density at radius 1 is 0.889 bits per heavy atom. The smallest absolute Gasteiger partial charge is 0.209 e. The number of benzene rings is 2. The minimum absolute atomic E-state index is 0.0598. The van der Waals surface area contributed by atoms with E-state index < -0.39 is 0 Å². The summed E-state index contributed by atoms with van der Waals surface area (Å²) in [5, 5.41) is 18.6. The van der Waals surface area contributed by atoms with Crippen molar-refractivity contribution in [1.82, 2.24) is 4.90 Å². The highest BCUT2D eigenvalue weighted by atomic mass is 16.1. The van der Waals surface area contributed by atoms with Gasteiger partial charge in [0.25, 0.3) is 0 Å². The lowest BCUT2D eigenvalue weighted by atomic mass is 10.0. The molecule has 0 bridgehead atoms. The largest absolute Gasteiger partial charge is 0.312 e. The molecular weight excluding hydrogens is 334 g/mol. The molecule has 4 nitrogen and oxygen atoms in total. The third-order valence-electron chi connectivity index (χ3n) is 3.97. The van der Waals surface area contributed by atoms with Gasteiger partial charge in [-0.05, 0) is 23.8 Å². The first-order valence-corrected chi connectivity index (χ1v) is 8.29. The van der Waals surface area contributed by atoms with E-state index in [1.54, 1.807) is 59.7 Å². The zero-order valence-corrected chi connectivity index (χ0v) is 14.4. The monoisotopic (exact) mass is 349 g/mol. The van der Waals surface area contributed by atoms with Crippen molar-refractivity contribution in [3.05, 3.63) is 113 Å². The predicted molar refractivity (Wildman–Crippen MR) is 104 cm³/mol. The molecule has 0 radical (unpaired) electrons. The second-order valence-corrected chi connectivity index (χ2v) is 5.69. The zero-order chi connectivity index (χ0) is 19.1. The van der Waals surface area contributed by atoms with E-state index in [-0.39, 0.29) is 11.4 Å². The maximum atomic E-state index is 13.2. The van der Waals surface area contributed by atoms with Crippen LogP contribution in [0.2, 0.25) is 0 Å². The molecule has 1 aliphatic heterocycles. The zero-order valence-electron chi connectivity index (χ0n) is 14.4. The van der Waals surface area contributed by atoms with Gasteiger partial charge >= 0.3 is 0 Å². The third kappa shape index (κ3) is 3.92. The molecule has 0 amide bonds. The van der Waals surface area contributed by atoms with Crippen LogP contribution in [0.3, 0.4) is 0 Å². The summed E-state index contributed by atoms with van der Waals surface area (Å²) >= 11 is 0. The molecule has 0 saturated carbocycles. The van der Waals surface area contributed by atoms with Crippen LogP contribution in [0, 0.1) is 22.7 Å². The van der Waals surface area contributed by atoms with E-state index in [4.69, 9.17) is 0 Å². The molecule has 0 spiro atoms. The molecular formula is C23H15N3O. The van der Waals surface area contributed by atoms with Crippen molar-refractivity contribution in [2.45, 2.75) is 0 Å². The number of rotatable bonds is 4. The number of hydrogen-bond acceptors (Lipinski definition) is 4. The van der Waals surface area contributed by atoms with Gasteiger partial charge in [-0.25, -0.2) is 0 Å². The molecule has 0 aliphatic carbocycles. The van der Waals surface area contributed by atoms with Gasteiger partial charge in [-0.3, -0.25) is 4.79 Å². The van der Waals surface area contributed by atoms with Crippen molar-refractivity contribution < 1.29 is 4.79 Å². The Labute approximate surface area is 157 Å². The number of hydrogen-bond donors (Lipinski definition) is 0. The first-order chi connectivity index (χ1) is 13.2. The summed E-state index contributed by atoms with van der Waals surface area (Å²) in [7, 11) is 0. The van der Waals surface area contributed by atoms with E-state index >= 15 is 0 Å². The van der Waals surface area contributed by atoms with E-state index in [1.165, 1.54) is 0 Å². The van der Waals surface area contributed by atoms with Gasteiger partial charge in [0.1, 0.15) is 12.1 Å². The first kappa shape index (κ1) is 17.7. The molecule has 128 valence electrons. The standard InChI is InChI=1S/C23H15N3O/c24-16-20(17-25)21-13-7-8-14-26(21)22(15-18-9-3-1-4-10-18)23(27)19-11-5-2-6-12-19/h1-15H/b22-15+. The number of Topliss-reactive ketones (excluding diaryl/α,β-unsaturated/α-hetero) is 1. The second kappa shape index (κ2) is 8.29. The molecule has 27 heavy (non-hydrogen) atoms. The van der Waals surface area contributed by atoms with Gasteiger partial charge in [0.15, 0.2) is 5.57 Å². The van der Waals surface area contributed by atoms with Gasteiger partial charge in [-0.15, -0.1) is 0 Å². The Bertz CT molecular complexity index is 1030. The molecule has 0 unspecified atom stereocenters. The average Bonchev–Trinajstić information content (AvgIpc) is 2.74. The molecule has 3 rings (SSSR count). The quantitative estimate of drug-likeness (QED) is 0.460. The SMILES string of the molecule is N#CC(C#N)=C1C=CC=CN1/C(=C/c1ccccc1)C(=O)c1ccccc1. The minimum Gasteiger partial charge on any atom is -0.312 e. The van der Waals surface area contributed by atoms with Crippen molar-refractivity contribution >= 4 is 11.9 Å². The van der Waals surface area contributed by atoms with Gasteiger partial charge in [0.2, 0.25) is 5.78 Å². The number of nitriles is 2. The van der Waals surface area contributed by atoms with Gasteiger partial charge in [-0.1, -0.05) is 66.7 Å². The highest BCUT2D eigenvalue weighted by Gasteiger charge is 2.23. The maximum absolute atomic E-state index is 13.2. The summed E-state index contributed by atoms with van der Waals surface area (Å²) in [5.74, 6) is -0.202. The van der Waals surface area contributed by atoms with Crippen molar-refractivity contribution in [3.63, 3.8) is 0 Å². The number of ketones is 1. The lowest BCUT2D eigenvalue weighted by Gasteiger charge is -2.26. The third-order valence-corrected chi connectivity index (χ3v) is 3.97. The van der Waals surface area contributed by atoms with Gasteiger partial charge in [0.05, 0.1) is 11.4 Å². The van der Waals surface area contributed by atoms with Crippen LogP contribution in [0.15, 0.2) is 102 Å². The first-order valence-electron chi connectivity index (χ1n) is 8.29. The molecule has 0 aromatic heterocycles. The molecule has 0 saturated heterocycles. The number of allylic oxidation sites excluding steroid dienone is 5. The Morgan fingerprint density at radius 3 is 2.15 bits per heavy atom. The summed E-state index contributed by atoms with van der Waals surface area (Å²) in [5.41, 5.74) is 2.03. The van der Waals surface area contributed by atoms with Crippen molar-refractivity contribution in [1.29, 1.82) is 10.5 Å². The van der Waals surface area contributed by atoms with Crippen LogP contribution >= 0.6 is 0 Å². The molecule has 2 aromatic rings. The normalized spacial score (nSPS) is 13.0. The molecule has 0 N–H and O–H groups in total. The molecule has 4 heteroatoms. The number of carbonyl (C=O) groups excluding carboxylic acids is 1. The predicted octanol–water partition coefficient (Wildman–Crippen LogP) is 4.60. The van der Waals surface area contributed by atoms with Gasteiger partial charge in [0, 0.05) is 11.8 Å². The van der Waals surface area contributed by atoms with Crippen LogP contribution in [0.5, 0.6) is 0 Å².